The molecule has 2 aromatic carbocycles. The normalized spacial score (nSPS) is 15.4. The van der Waals surface area contributed by atoms with Crippen LogP contribution in [0.4, 0.5) is 5.69 Å². The number of carbonyl (C=O) groups is 2. The number of benzene rings is 2. The summed E-state index contributed by atoms with van der Waals surface area (Å²) in [6.07, 6.45) is 2.50. The van der Waals surface area contributed by atoms with Gasteiger partial charge in [-0.25, -0.2) is 9.79 Å². The van der Waals surface area contributed by atoms with E-state index < -0.39 is 5.97 Å². The van der Waals surface area contributed by atoms with Crippen LogP contribution in [0.5, 0.6) is 11.5 Å². The Morgan fingerprint density at radius 3 is 2.63 bits per heavy atom. The van der Waals surface area contributed by atoms with Crippen LogP contribution >= 0.6 is 11.8 Å². The number of thioether (sulfide) groups is 1. The average Bonchev–Trinajstić information content (AvgIpc) is 3.50. The number of ether oxygens (including phenoxy) is 3. The predicted molar refractivity (Wildman–Crippen MR) is 145 cm³/mol. The van der Waals surface area contributed by atoms with E-state index in [9.17, 15) is 9.59 Å². The number of rotatable bonds is 12. The first-order valence-electron chi connectivity index (χ1n) is 12.0. The van der Waals surface area contributed by atoms with Gasteiger partial charge in [0.05, 0.1) is 17.2 Å². The zero-order valence-electron chi connectivity index (χ0n) is 21.1. The Labute approximate surface area is 224 Å². The molecule has 3 aromatic rings. The SMILES string of the molecule is CCOc1cc(C=C2SC(=Nc3ccccc3)N(CCCOC)C2=O)ccc1OCc1ccc(C(=O)O)o1. The summed E-state index contributed by atoms with van der Waals surface area (Å²) in [6.45, 7) is 3.35. The van der Waals surface area contributed by atoms with Crippen LogP contribution in [-0.4, -0.2) is 53.9 Å². The van der Waals surface area contributed by atoms with Crippen LogP contribution < -0.4 is 9.47 Å². The molecule has 0 bridgehead atoms. The second kappa shape index (κ2) is 13.0. The lowest BCUT2D eigenvalue weighted by molar-refractivity contribution is -0.122. The molecule has 0 atom stereocenters. The van der Waals surface area contributed by atoms with Gasteiger partial charge in [-0.3, -0.25) is 9.69 Å². The van der Waals surface area contributed by atoms with Crippen molar-refractivity contribution in [1.29, 1.82) is 0 Å². The van der Waals surface area contributed by atoms with E-state index in [4.69, 9.17) is 28.7 Å². The summed E-state index contributed by atoms with van der Waals surface area (Å²) < 4.78 is 22.0. The summed E-state index contributed by atoms with van der Waals surface area (Å²) in [5.41, 5.74) is 1.54. The lowest BCUT2D eigenvalue weighted by Gasteiger charge is -2.15. The molecule has 9 nitrogen and oxygen atoms in total. The highest BCUT2D eigenvalue weighted by Gasteiger charge is 2.33. The molecular weight excluding hydrogens is 508 g/mol. The summed E-state index contributed by atoms with van der Waals surface area (Å²) in [5, 5.41) is 9.64. The molecular formula is C28H28N2O7S. The van der Waals surface area contributed by atoms with Crippen molar-refractivity contribution in [1.82, 2.24) is 4.90 Å². The summed E-state index contributed by atoms with van der Waals surface area (Å²) in [4.78, 5) is 31.3. The summed E-state index contributed by atoms with van der Waals surface area (Å²) in [6, 6.07) is 17.8. The third-order valence-electron chi connectivity index (χ3n) is 5.41. The fraction of sp³-hybridized carbons (Fsp3) is 0.250. The molecule has 1 saturated heterocycles. The number of carboxylic acid groups (broad SMARTS) is 1. The minimum absolute atomic E-state index is 0.0396. The van der Waals surface area contributed by atoms with E-state index in [0.717, 1.165) is 11.3 Å². The van der Waals surface area contributed by atoms with Gasteiger partial charge < -0.3 is 23.7 Å². The van der Waals surface area contributed by atoms with Gasteiger partial charge in [0, 0.05) is 20.3 Å². The number of furan rings is 1. The van der Waals surface area contributed by atoms with Crippen LogP contribution in [0.2, 0.25) is 0 Å². The monoisotopic (exact) mass is 536 g/mol. The van der Waals surface area contributed by atoms with Gasteiger partial charge in [-0.2, -0.15) is 0 Å². The number of amides is 1. The van der Waals surface area contributed by atoms with Crippen LogP contribution in [0.25, 0.3) is 6.08 Å². The van der Waals surface area contributed by atoms with E-state index >= 15 is 0 Å². The topological polar surface area (TPSA) is 111 Å². The lowest BCUT2D eigenvalue weighted by atomic mass is 10.2. The van der Waals surface area contributed by atoms with E-state index in [-0.39, 0.29) is 18.3 Å². The Kier molecular flexibility index (Phi) is 9.23. The van der Waals surface area contributed by atoms with Gasteiger partial charge in [0.15, 0.2) is 16.7 Å². The molecule has 38 heavy (non-hydrogen) atoms. The Morgan fingerprint density at radius 1 is 1.11 bits per heavy atom. The van der Waals surface area contributed by atoms with Crippen molar-refractivity contribution < 1.29 is 33.3 Å². The number of amidine groups is 1. The summed E-state index contributed by atoms with van der Waals surface area (Å²) in [5.74, 6) is -0.0652. The summed E-state index contributed by atoms with van der Waals surface area (Å²) in [7, 11) is 1.64. The first-order chi connectivity index (χ1) is 18.5. The predicted octanol–water partition coefficient (Wildman–Crippen LogP) is 5.60. The molecule has 1 aliphatic rings. The number of aliphatic imine (C=N–C) groups is 1. The van der Waals surface area contributed by atoms with Crippen LogP contribution in [0.3, 0.4) is 0 Å². The molecule has 1 N–H and O–H groups in total. The van der Waals surface area contributed by atoms with Crippen molar-refractivity contribution in [3.63, 3.8) is 0 Å². The van der Waals surface area contributed by atoms with Gasteiger partial charge in [-0.1, -0.05) is 24.3 Å². The van der Waals surface area contributed by atoms with Gasteiger partial charge >= 0.3 is 5.97 Å². The van der Waals surface area contributed by atoms with Crippen LogP contribution in [0.1, 0.15) is 35.2 Å². The van der Waals surface area contributed by atoms with Crippen molar-refractivity contribution in [2.24, 2.45) is 4.99 Å². The molecule has 2 heterocycles. The van der Waals surface area contributed by atoms with Gasteiger partial charge in [-0.15, -0.1) is 0 Å². The molecule has 1 aliphatic heterocycles. The molecule has 10 heteroatoms. The second-order valence-electron chi connectivity index (χ2n) is 8.14. The maximum Gasteiger partial charge on any atom is 0.371 e. The number of hydrogen-bond donors (Lipinski definition) is 1. The van der Waals surface area contributed by atoms with Crippen LogP contribution in [0, 0.1) is 0 Å². The van der Waals surface area contributed by atoms with E-state index in [0.29, 0.717) is 53.5 Å². The van der Waals surface area contributed by atoms with E-state index in [1.54, 1.807) is 30.2 Å². The van der Waals surface area contributed by atoms with Gasteiger partial charge in [0.25, 0.3) is 5.91 Å². The van der Waals surface area contributed by atoms with E-state index in [2.05, 4.69) is 0 Å². The van der Waals surface area contributed by atoms with Crippen molar-refractivity contribution in [3.05, 3.63) is 82.7 Å². The van der Waals surface area contributed by atoms with Crippen LogP contribution in [-0.2, 0) is 16.1 Å². The standard InChI is InChI=1S/C28H28N2O7S/c1-3-35-24-16-19(10-12-22(24)36-18-21-11-13-23(37-21)27(32)33)17-25-26(31)30(14-7-15-34-2)28(38-25)29-20-8-5-4-6-9-20/h4-6,8-13,16-17H,3,7,14-15,18H2,1-2H3,(H,32,33). The molecule has 4 rings (SSSR count). The van der Waals surface area contributed by atoms with Crippen molar-refractivity contribution in [3.8, 4) is 11.5 Å². The Morgan fingerprint density at radius 2 is 1.92 bits per heavy atom. The number of nitrogens with zero attached hydrogens (tertiary/aromatic N) is 2. The highest BCUT2D eigenvalue weighted by atomic mass is 32.2. The average molecular weight is 537 g/mol. The Bertz CT molecular complexity index is 1330. The van der Waals surface area contributed by atoms with Crippen molar-refractivity contribution >= 4 is 40.6 Å². The highest BCUT2D eigenvalue weighted by Crippen LogP contribution is 2.36. The third kappa shape index (κ3) is 6.84. The molecule has 198 valence electrons. The van der Waals surface area contributed by atoms with Crippen LogP contribution in [0.15, 0.2) is 75.0 Å². The number of carbonyl (C=O) groups excluding carboxylic acids is 1. The lowest BCUT2D eigenvalue weighted by Crippen LogP contribution is -2.30. The smallest absolute Gasteiger partial charge is 0.371 e. The Hall–Kier alpha value is -4.02. The number of para-hydroxylation sites is 1. The molecule has 0 spiro atoms. The molecule has 0 aliphatic carbocycles. The van der Waals surface area contributed by atoms with Crippen molar-refractivity contribution in [2.75, 3.05) is 26.9 Å². The maximum atomic E-state index is 13.3. The number of aromatic carboxylic acids is 1. The largest absolute Gasteiger partial charge is 0.490 e. The maximum absolute atomic E-state index is 13.3. The van der Waals surface area contributed by atoms with E-state index in [1.165, 1.54) is 17.8 Å². The Balaban J connectivity index is 1.55. The molecule has 0 unspecified atom stereocenters. The van der Waals surface area contributed by atoms with Crippen molar-refractivity contribution in [2.45, 2.75) is 20.0 Å². The summed E-state index contributed by atoms with van der Waals surface area (Å²) >= 11 is 1.32. The van der Waals surface area contributed by atoms with E-state index in [1.807, 2.05) is 49.4 Å². The fourth-order valence-corrected chi connectivity index (χ4v) is 4.67. The minimum Gasteiger partial charge on any atom is -0.490 e. The van der Waals surface area contributed by atoms with Gasteiger partial charge in [-0.05, 0) is 73.1 Å². The second-order valence-corrected chi connectivity index (χ2v) is 9.15. The molecule has 1 fully saturated rings. The highest BCUT2D eigenvalue weighted by molar-refractivity contribution is 8.18. The first kappa shape index (κ1) is 27.0. The van der Waals surface area contributed by atoms with Gasteiger partial charge in [0.1, 0.15) is 12.4 Å². The number of methoxy groups -OCH3 is 1. The molecule has 0 radical (unpaired) electrons. The zero-order valence-corrected chi connectivity index (χ0v) is 21.9. The first-order valence-corrected chi connectivity index (χ1v) is 12.9. The van der Waals surface area contributed by atoms with Gasteiger partial charge in [0.2, 0.25) is 5.76 Å². The fourth-order valence-electron chi connectivity index (χ4n) is 3.64. The number of hydrogen-bond acceptors (Lipinski definition) is 8. The molecule has 1 amide bonds. The molecule has 0 saturated carbocycles. The molecule has 1 aromatic heterocycles. The quantitative estimate of drug-likeness (QED) is 0.235. The minimum atomic E-state index is -1.14. The zero-order chi connectivity index (χ0) is 26.9. The third-order valence-corrected chi connectivity index (χ3v) is 6.41. The number of carboxylic acids is 1.